The number of fused-ring (bicyclic) bond motifs is 4. The summed E-state index contributed by atoms with van der Waals surface area (Å²) in [5.74, 6) is -4.81. The van der Waals surface area contributed by atoms with Crippen LogP contribution < -0.4 is 15.3 Å². The zero-order valence-corrected chi connectivity index (χ0v) is 23.4. The smallest absolute Gasteiger partial charge is 0.430 e. The van der Waals surface area contributed by atoms with Crippen LogP contribution >= 0.6 is 0 Å². The maximum Gasteiger partial charge on any atom is 0.430 e. The van der Waals surface area contributed by atoms with Crippen LogP contribution in [0.1, 0.15) is 50.3 Å². The number of carboxylic acid groups (broad SMARTS) is 2. The lowest BCUT2D eigenvalue weighted by Gasteiger charge is -2.37. The van der Waals surface area contributed by atoms with Crippen LogP contribution in [0, 0.1) is 0 Å². The number of hydrogen-bond acceptors (Lipinski definition) is 9. The fourth-order valence-corrected chi connectivity index (χ4v) is 5.18. The first-order valence-electron chi connectivity index (χ1n) is 13.7. The molecule has 0 spiro atoms. The largest absolute Gasteiger partial charge is 0.542 e. The molecule has 5 rings (SSSR count). The van der Waals surface area contributed by atoms with Gasteiger partial charge in [-0.25, -0.2) is 24.3 Å². The van der Waals surface area contributed by atoms with Crippen LogP contribution in [-0.4, -0.2) is 64.9 Å². The Bertz CT molecular complexity index is 1580. The van der Waals surface area contributed by atoms with E-state index in [-0.39, 0.29) is 31.9 Å². The summed E-state index contributed by atoms with van der Waals surface area (Å²) < 4.78 is 42.6. The van der Waals surface area contributed by atoms with Crippen molar-refractivity contribution in [3.05, 3.63) is 58.8 Å². The number of nitrogens with one attached hydrogen (secondary N) is 2. The molecule has 0 bridgehead atoms. The molecule has 44 heavy (non-hydrogen) atoms. The van der Waals surface area contributed by atoms with Crippen molar-refractivity contribution in [1.29, 1.82) is 0 Å². The van der Waals surface area contributed by atoms with Crippen LogP contribution in [0.5, 0.6) is 0 Å². The number of carboxylic acids is 2. The van der Waals surface area contributed by atoms with Gasteiger partial charge in [0.05, 0.1) is 5.52 Å². The summed E-state index contributed by atoms with van der Waals surface area (Å²) in [5, 5.41) is 21.1. The normalized spacial score (nSPS) is 20.4. The number of benzene rings is 1. The first-order chi connectivity index (χ1) is 20.8. The highest BCUT2D eigenvalue weighted by Crippen LogP contribution is 2.39. The molecule has 2 amide bonds. The summed E-state index contributed by atoms with van der Waals surface area (Å²) in [5.41, 5.74) is 1.99. The van der Waals surface area contributed by atoms with Crippen LogP contribution in [0.4, 0.5) is 18.0 Å². The van der Waals surface area contributed by atoms with Crippen molar-refractivity contribution in [1.82, 2.24) is 10.3 Å². The van der Waals surface area contributed by atoms with E-state index < -0.39 is 35.8 Å². The third-order valence-corrected chi connectivity index (χ3v) is 7.36. The van der Waals surface area contributed by atoms with Gasteiger partial charge in [0.2, 0.25) is 5.60 Å². The monoisotopic (exact) mass is 619 g/mol. The van der Waals surface area contributed by atoms with Gasteiger partial charge in [0, 0.05) is 35.6 Å². The number of para-hydroxylation sites is 1. The van der Waals surface area contributed by atoms with Crippen LogP contribution in [0.25, 0.3) is 16.6 Å². The average molecular weight is 620 g/mol. The van der Waals surface area contributed by atoms with Crippen molar-refractivity contribution in [3.8, 4) is 0 Å². The number of esters is 1. The highest BCUT2D eigenvalue weighted by Gasteiger charge is 2.55. The number of carbonyl (C=O) groups excluding carboxylic acids is 4. The Morgan fingerprint density at radius 3 is 2.55 bits per heavy atom. The number of alkyl halides is 3. The minimum atomic E-state index is -5.19. The number of quaternary nitrogens is 1. The van der Waals surface area contributed by atoms with Crippen molar-refractivity contribution in [3.63, 3.8) is 0 Å². The van der Waals surface area contributed by atoms with Crippen LogP contribution in [0.3, 0.4) is 0 Å². The topological polar surface area (TPSA) is 176 Å². The number of cyclic esters (lactones) is 1. The minimum absolute atomic E-state index is 0.0711. The van der Waals surface area contributed by atoms with Gasteiger partial charge in [-0.3, -0.25) is 4.79 Å². The second-order valence-corrected chi connectivity index (χ2v) is 10.2. The molecule has 234 valence electrons. The molecule has 4 heterocycles. The number of hydrogen-bond donors (Lipinski definition) is 3. The molecule has 0 saturated carbocycles. The van der Waals surface area contributed by atoms with Gasteiger partial charge in [-0.2, -0.15) is 13.2 Å². The Labute approximate surface area is 248 Å². The molecule has 0 fully saturated rings. The first-order valence-corrected chi connectivity index (χ1v) is 13.7. The van der Waals surface area contributed by atoms with Gasteiger partial charge in [0.15, 0.2) is 5.70 Å². The fourth-order valence-electron chi connectivity index (χ4n) is 5.18. The first kappa shape index (κ1) is 32.1. The molecule has 12 nitrogen and oxygen atoms in total. The zero-order chi connectivity index (χ0) is 32.2. The highest BCUT2D eigenvalue weighted by atomic mass is 19.4. The van der Waals surface area contributed by atoms with Gasteiger partial charge < -0.3 is 29.8 Å². The molecular weight excluding hydrogens is 591 g/mol. The molecule has 1 aromatic heterocycles. The summed E-state index contributed by atoms with van der Waals surface area (Å²) in [6.07, 6.45) is -2.37. The summed E-state index contributed by atoms with van der Waals surface area (Å²) in [7, 11) is 0. The Hall–Kier alpha value is -4.79. The Morgan fingerprint density at radius 1 is 1.18 bits per heavy atom. The predicted octanol–water partition coefficient (Wildman–Crippen LogP) is 1.19. The van der Waals surface area contributed by atoms with E-state index in [1.54, 1.807) is 13.0 Å². The predicted molar refractivity (Wildman–Crippen MR) is 142 cm³/mol. The molecule has 0 radical (unpaired) electrons. The number of amides is 2. The Morgan fingerprint density at radius 2 is 1.89 bits per heavy atom. The van der Waals surface area contributed by atoms with Crippen molar-refractivity contribution in [2.75, 3.05) is 13.2 Å². The number of nitrogens with zero attached hydrogens (tertiary/aromatic N) is 1. The zero-order valence-electron chi connectivity index (χ0n) is 23.4. The molecule has 1 aromatic carbocycles. The van der Waals surface area contributed by atoms with E-state index in [2.05, 4.69) is 5.32 Å². The molecule has 1 unspecified atom stereocenters. The number of ether oxygens (including phenoxy) is 2. The Balaban J connectivity index is 0.000000566. The van der Waals surface area contributed by atoms with Gasteiger partial charge in [-0.05, 0) is 31.4 Å². The van der Waals surface area contributed by atoms with Crippen molar-refractivity contribution in [2.45, 2.75) is 57.3 Å². The van der Waals surface area contributed by atoms with E-state index >= 15 is 0 Å². The van der Waals surface area contributed by atoms with E-state index in [0.717, 1.165) is 16.5 Å². The molecule has 0 saturated heterocycles. The van der Waals surface area contributed by atoms with E-state index in [1.807, 2.05) is 30.3 Å². The molecular formula is C29H28F3N3O9. The van der Waals surface area contributed by atoms with Gasteiger partial charge in [0.1, 0.15) is 30.4 Å². The van der Waals surface area contributed by atoms with Gasteiger partial charge in [-0.1, -0.05) is 31.5 Å². The summed E-state index contributed by atoms with van der Waals surface area (Å²) in [4.78, 5) is 64.1. The van der Waals surface area contributed by atoms with E-state index in [4.69, 9.17) is 29.5 Å². The second kappa shape index (κ2) is 12.8. The fraction of sp³-hybridized carbons (Fsp3) is 0.379. The summed E-state index contributed by atoms with van der Waals surface area (Å²) >= 11 is 0. The molecule has 3 N–H and O–H groups in total. The lowest BCUT2D eigenvalue weighted by molar-refractivity contribution is -0.749. The maximum atomic E-state index is 13.6. The number of aromatic nitrogens is 1. The number of aliphatic carboxylic acids is 2. The van der Waals surface area contributed by atoms with Crippen LogP contribution in [0.15, 0.2) is 47.6 Å². The third-order valence-electron chi connectivity index (χ3n) is 7.36. The van der Waals surface area contributed by atoms with Gasteiger partial charge in [-0.15, -0.1) is 0 Å². The van der Waals surface area contributed by atoms with Crippen LogP contribution in [-0.2, 0) is 35.2 Å². The Kier molecular flexibility index (Phi) is 9.37. The lowest BCUT2D eigenvalue weighted by Crippen LogP contribution is -3.10. The van der Waals surface area contributed by atoms with E-state index in [1.165, 1.54) is 0 Å². The summed E-state index contributed by atoms with van der Waals surface area (Å²) in [6.45, 7) is 2.22. The lowest BCUT2D eigenvalue weighted by atomic mass is 9.82. The van der Waals surface area contributed by atoms with Crippen molar-refractivity contribution in [2.24, 2.45) is 0 Å². The number of carbonyl (C=O) groups is 5. The summed E-state index contributed by atoms with van der Waals surface area (Å²) in [6, 6.07) is 9.76. The minimum Gasteiger partial charge on any atom is -0.542 e. The van der Waals surface area contributed by atoms with Gasteiger partial charge >= 0.3 is 30.1 Å². The number of alkyl carbamates (subject to hydrolysis) is 1. The number of unbranched alkanes of at least 4 members (excludes halogenated alkanes) is 2. The number of pyridine rings is 1. The molecule has 3 aliphatic rings. The third kappa shape index (κ3) is 6.56. The number of rotatable bonds is 8. The molecule has 0 aliphatic carbocycles. The SMILES string of the molecule is CC[C@@]1(OC(=O)NCCCCCC(=O)O)C(=O)OCC2=C1C=C1c3nc4ccccc4cc3C[NH+]1C2=O.O=C([O-])C(F)(F)F. The molecule has 3 aliphatic heterocycles. The quantitative estimate of drug-likeness (QED) is 0.287. The highest BCUT2D eigenvalue weighted by molar-refractivity contribution is 6.01. The molecule has 2 atom stereocenters. The van der Waals surface area contributed by atoms with Crippen LogP contribution in [0.2, 0.25) is 0 Å². The van der Waals surface area contributed by atoms with E-state index in [0.29, 0.717) is 53.2 Å². The maximum absolute atomic E-state index is 13.6. The molecule has 2 aromatic rings. The van der Waals surface area contributed by atoms with E-state index in [9.17, 15) is 32.3 Å². The molecule has 15 heteroatoms. The average Bonchev–Trinajstić information content (AvgIpc) is 3.32. The standard InChI is InChI=1S/C27H27N3O7.C2HF3O2/c1-2-27(37-26(35)28-11-7-3-4-10-22(31)32)19-13-21-23-17(12-16-8-5-6-9-20(16)29-23)14-30(21)24(33)18(19)15-36-25(27)34;3-2(4,5)1(6)7/h5-6,8-9,12-13H,2-4,7,10-11,14-15H2,1H3,(H,28,35)(H,31,32);(H,6,7)/t27-;/m0./s1. The number of halogens is 3. The van der Waals surface area contributed by atoms with Crippen molar-refractivity contribution >= 4 is 46.5 Å². The van der Waals surface area contributed by atoms with Gasteiger partial charge in [0.25, 0.3) is 0 Å². The van der Waals surface area contributed by atoms with Crippen molar-refractivity contribution < 1.29 is 61.7 Å². The second-order valence-electron chi connectivity index (χ2n) is 10.2.